The fourth-order valence-corrected chi connectivity index (χ4v) is 3.09. The Morgan fingerprint density at radius 1 is 1.17 bits per heavy atom. The minimum absolute atomic E-state index is 0.0509. The number of nitrogens with zero attached hydrogens (tertiary/aromatic N) is 5. The molecule has 116 valence electrons. The average molecular weight is 328 g/mol. The van der Waals surface area contributed by atoms with E-state index in [-0.39, 0.29) is 5.69 Å². The maximum absolute atomic E-state index is 10.7. The zero-order valence-electron chi connectivity index (χ0n) is 12.6. The molecule has 3 aromatic rings. The first kappa shape index (κ1) is 15.0. The van der Waals surface area contributed by atoms with Crippen LogP contribution in [0.2, 0.25) is 0 Å². The van der Waals surface area contributed by atoms with Gasteiger partial charge in [0.15, 0.2) is 0 Å². The van der Waals surface area contributed by atoms with Crippen molar-refractivity contribution in [2.75, 3.05) is 12.1 Å². The van der Waals surface area contributed by atoms with Crippen molar-refractivity contribution in [1.29, 1.82) is 0 Å². The standard InChI is InChI=1S/C15H14N5O2S/c1-18-13-5-3-4-6-14(13)23-15(18)16-17-19(2)11-7-9-12(10-8-11)20(21)22/h3-10H,1-2H3/q+1. The van der Waals surface area contributed by atoms with Crippen LogP contribution in [0, 0.1) is 10.1 Å². The molecule has 0 bridgehead atoms. The van der Waals surface area contributed by atoms with Gasteiger partial charge >= 0.3 is 5.13 Å². The predicted octanol–water partition coefficient (Wildman–Crippen LogP) is 3.77. The van der Waals surface area contributed by atoms with Crippen LogP contribution in [0.3, 0.4) is 0 Å². The number of aromatic nitrogens is 1. The van der Waals surface area contributed by atoms with Crippen LogP contribution in [0.15, 0.2) is 58.9 Å². The fraction of sp³-hybridized carbons (Fsp3) is 0.133. The first-order valence-corrected chi connectivity index (χ1v) is 7.65. The zero-order valence-corrected chi connectivity index (χ0v) is 13.4. The Bertz CT molecular complexity index is 889. The van der Waals surface area contributed by atoms with Gasteiger partial charge in [0.05, 0.1) is 27.6 Å². The highest BCUT2D eigenvalue weighted by molar-refractivity contribution is 7.21. The lowest BCUT2D eigenvalue weighted by Crippen LogP contribution is -2.25. The maximum atomic E-state index is 10.7. The third-order valence-electron chi connectivity index (χ3n) is 3.41. The van der Waals surface area contributed by atoms with Crippen LogP contribution in [-0.2, 0) is 7.05 Å². The van der Waals surface area contributed by atoms with Gasteiger partial charge in [-0.1, -0.05) is 12.1 Å². The molecule has 0 aliphatic heterocycles. The van der Waals surface area contributed by atoms with E-state index in [4.69, 9.17) is 0 Å². The highest BCUT2D eigenvalue weighted by atomic mass is 32.1. The van der Waals surface area contributed by atoms with Gasteiger partial charge in [-0.25, -0.2) is 9.58 Å². The second-order valence-corrected chi connectivity index (χ2v) is 5.91. The number of hydrogen-bond acceptors (Lipinski definition) is 5. The van der Waals surface area contributed by atoms with Gasteiger partial charge in [-0.2, -0.15) is 0 Å². The molecule has 0 amide bonds. The summed E-state index contributed by atoms with van der Waals surface area (Å²) in [5.41, 5.74) is 1.88. The summed E-state index contributed by atoms with van der Waals surface area (Å²) >= 11 is 1.55. The second kappa shape index (κ2) is 6.09. The summed E-state index contributed by atoms with van der Waals surface area (Å²) in [6.07, 6.45) is 0. The molecule has 0 aliphatic rings. The number of nitro groups is 1. The third kappa shape index (κ3) is 3.02. The number of non-ortho nitro benzene ring substituents is 1. The summed E-state index contributed by atoms with van der Waals surface area (Å²) in [6.45, 7) is 0. The Kier molecular flexibility index (Phi) is 3.98. The van der Waals surface area contributed by atoms with Gasteiger partial charge in [0.1, 0.15) is 10.6 Å². The van der Waals surface area contributed by atoms with Crippen molar-refractivity contribution >= 4 is 38.1 Å². The monoisotopic (exact) mass is 328 g/mol. The number of fused-ring (bicyclic) bond motifs is 1. The zero-order chi connectivity index (χ0) is 16.4. The molecule has 0 spiro atoms. The van der Waals surface area contributed by atoms with E-state index in [1.165, 1.54) is 12.1 Å². The largest absolute Gasteiger partial charge is 0.411 e. The number of anilines is 1. The topological polar surface area (TPSA) is 75.0 Å². The van der Waals surface area contributed by atoms with Crippen molar-refractivity contribution in [1.82, 2.24) is 0 Å². The van der Waals surface area contributed by atoms with Crippen LogP contribution in [-0.4, -0.2) is 12.0 Å². The van der Waals surface area contributed by atoms with Crippen LogP contribution in [0.1, 0.15) is 0 Å². The fourth-order valence-electron chi connectivity index (χ4n) is 2.12. The Balaban J connectivity index is 1.83. The quantitative estimate of drug-likeness (QED) is 0.317. The molecule has 0 saturated carbocycles. The number of para-hydroxylation sites is 1. The van der Waals surface area contributed by atoms with E-state index in [1.54, 1.807) is 35.5 Å². The van der Waals surface area contributed by atoms with Crippen molar-refractivity contribution in [3.63, 3.8) is 0 Å². The number of benzene rings is 2. The maximum Gasteiger partial charge on any atom is 0.411 e. The van der Waals surface area contributed by atoms with Crippen molar-refractivity contribution in [2.45, 2.75) is 0 Å². The van der Waals surface area contributed by atoms with Crippen LogP contribution in [0.5, 0.6) is 0 Å². The molecule has 7 nitrogen and oxygen atoms in total. The first-order chi connectivity index (χ1) is 11.1. The smallest absolute Gasteiger partial charge is 0.258 e. The predicted molar refractivity (Wildman–Crippen MR) is 89.0 cm³/mol. The van der Waals surface area contributed by atoms with E-state index < -0.39 is 4.92 Å². The van der Waals surface area contributed by atoms with Crippen molar-refractivity contribution < 1.29 is 9.49 Å². The van der Waals surface area contributed by atoms with Crippen molar-refractivity contribution in [3.8, 4) is 0 Å². The summed E-state index contributed by atoms with van der Waals surface area (Å²) in [7, 11) is 3.69. The second-order valence-electron chi connectivity index (χ2n) is 4.90. The molecular weight excluding hydrogens is 314 g/mol. The molecule has 8 heteroatoms. The molecule has 0 fully saturated rings. The number of nitro benzene ring substituents is 1. The lowest BCUT2D eigenvalue weighted by atomic mass is 10.3. The van der Waals surface area contributed by atoms with E-state index in [2.05, 4.69) is 10.3 Å². The molecule has 0 unspecified atom stereocenters. The highest BCUT2D eigenvalue weighted by Crippen LogP contribution is 2.26. The molecule has 0 atom stereocenters. The highest BCUT2D eigenvalue weighted by Gasteiger charge is 2.16. The van der Waals surface area contributed by atoms with Gasteiger partial charge in [-0.05, 0) is 35.6 Å². The Hall–Kier alpha value is -2.87. The van der Waals surface area contributed by atoms with Gasteiger partial charge in [0.25, 0.3) is 5.69 Å². The van der Waals surface area contributed by atoms with Crippen molar-refractivity contribution in [3.05, 3.63) is 58.6 Å². The lowest BCUT2D eigenvalue weighted by molar-refractivity contribution is -0.627. The van der Waals surface area contributed by atoms with Gasteiger partial charge < -0.3 is 0 Å². The first-order valence-electron chi connectivity index (χ1n) is 6.83. The molecule has 0 radical (unpaired) electrons. The number of thiazole rings is 1. The minimum atomic E-state index is -0.428. The lowest BCUT2D eigenvalue weighted by Gasteiger charge is -2.07. The molecule has 23 heavy (non-hydrogen) atoms. The Labute approximate surface area is 136 Å². The molecule has 2 aromatic carbocycles. The van der Waals surface area contributed by atoms with Gasteiger partial charge in [-0.15, -0.1) is 0 Å². The van der Waals surface area contributed by atoms with Crippen LogP contribution in [0.4, 0.5) is 16.5 Å². The molecule has 0 aliphatic carbocycles. The molecule has 1 heterocycles. The van der Waals surface area contributed by atoms with E-state index in [1.807, 2.05) is 35.9 Å². The summed E-state index contributed by atoms with van der Waals surface area (Å²) in [4.78, 5) is 10.2. The third-order valence-corrected chi connectivity index (χ3v) is 4.52. The molecule has 3 rings (SSSR count). The molecule has 1 aromatic heterocycles. The summed E-state index contributed by atoms with van der Waals surface area (Å²) in [5.74, 6) is 0. The summed E-state index contributed by atoms with van der Waals surface area (Å²) in [6, 6.07) is 14.2. The van der Waals surface area contributed by atoms with Gasteiger partial charge in [0.2, 0.25) is 0 Å². The normalized spacial score (nSPS) is 11.2. The van der Waals surface area contributed by atoms with Crippen LogP contribution in [0.25, 0.3) is 10.2 Å². The van der Waals surface area contributed by atoms with E-state index in [9.17, 15) is 10.1 Å². The van der Waals surface area contributed by atoms with Gasteiger partial charge in [-0.3, -0.25) is 10.1 Å². The van der Waals surface area contributed by atoms with E-state index >= 15 is 0 Å². The number of rotatable bonds is 4. The van der Waals surface area contributed by atoms with Gasteiger partial charge in [0, 0.05) is 19.2 Å². The number of hydrogen-bond donors (Lipinski definition) is 0. The van der Waals surface area contributed by atoms with E-state index in [0.717, 1.165) is 21.0 Å². The molecule has 0 N–H and O–H groups in total. The average Bonchev–Trinajstić information content (AvgIpc) is 2.89. The molecule has 0 saturated heterocycles. The molecular formula is C15H14N5O2S+. The van der Waals surface area contributed by atoms with E-state index in [0.29, 0.717) is 0 Å². The number of aryl methyl sites for hydroxylation is 1. The summed E-state index contributed by atoms with van der Waals surface area (Å²) in [5, 5.41) is 21.5. The Morgan fingerprint density at radius 2 is 1.87 bits per heavy atom. The Morgan fingerprint density at radius 3 is 2.52 bits per heavy atom. The SMILES string of the molecule is CN(/N=N/c1sc2ccccc2[n+]1C)c1ccc([N+](=O)[O-])cc1. The van der Waals surface area contributed by atoms with Crippen LogP contribution < -0.4 is 9.58 Å². The van der Waals surface area contributed by atoms with Crippen LogP contribution >= 0.6 is 11.3 Å². The van der Waals surface area contributed by atoms with Crippen molar-refractivity contribution in [2.24, 2.45) is 17.4 Å². The summed E-state index contributed by atoms with van der Waals surface area (Å²) < 4.78 is 3.12. The minimum Gasteiger partial charge on any atom is -0.258 e.